The lowest BCUT2D eigenvalue weighted by molar-refractivity contribution is -0.0500. The van der Waals surface area contributed by atoms with Crippen molar-refractivity contribution in [2.24, 2.45) is 0 Å². The molecule has 2 aromatic rings. The third-order valence-electron chi connectivity index (χ3n) is 4.52. The molecule has 0 aliphatic heterocycles. The summed E-state index contributed by atoms with van der Waals surface area (Å²) in [6.45, 7) is 5.26. The van der Waals surface area contributed by atoms with Crippen LogP contribution in [0.1, 0.15) is 42.3 Å². The second kappa shape index (κ2) is 10.7. The van der Waals surface area contributed by atoms with Gasteiger partial charge in [0, 0.05) is 23.7 Å². The molecule has 2 aromatic carbocycles. The quantitative estimate of drug-likeness (QED) is 0.122. The molecule has 36 heavy (non-hydrogen) atoms. The number of amides is 1. The van der Waals surface area contributed by atoms with Gasteiger partial charge >= 0.3 is 15.6 Å². The number of carbonyl (C=O) groups excluding carboxylic acids is 1. The number of alkyl halides is 6. The van der Waals surface area contributed by atoms with E-state index in [0.29, 0.717) is 11.1 Å². The predicted molar refractivity (Wildman–Crippen MR) is 138 cm³/mol. The molecule has 0 N–H and O–H groups in total. The van der Waals surface area contributed by atoms with Crippen molar-refractivity contribution in [3.63, 3.8) is 0 Å². The van der Waals surface area contributed by atoms with E-state index in [0.717, 1.165) is 17.1 Å². The SMILES string of the molecule is CN(C(=O)c1cccc(OS(=O)(=O)C(F)(F)F)c1)N(C(=S)c1ccc(C(Cl)(Cl)Cl)cc1Cl)C(C)(C)C. The molecular formula is C21H19Cl4F3N2O4S2. The van der Waals surface area contributed by atoms with Gasteiger partial charge in [0.05, 0.1) is 10.6 Å². The summed E-state index contributed by atoms with van der Waals surface area (Å²) in [5.41, 5.74) is -5.97. The van der Waals surface area contributed by atoms with Crippen LogP contribution >= 0.6 is 58.6 Å². The molecule has 0 saturated carbocycles. The number of rotatable bonds is 4. The third-order valence-corrected chi connectivity index (χ3v) is 6.86. The number of hydrogen-bond donors (Lipinski definition) is 0. The molecule has 0 aromatic heterocycles. The Bertz CT molecular complexity index is 1280. The molecule has 198 valence electrons. The van der Waals surface area contributed by atoms with Crippen molar-refractivity contribution in [1.82, 2.24) is 10.0 Å². The second-order valence-corrected chi connectivity index (χ2v) is 12.9. The van der Waals surface area contributed by atoms with Crippen LogP contribution in [0.5, 0.6) is 5.75 Å². The zero-order valence-corrected chi connectivity index (χ0v) is 23.7. The summed E-state index contributed by atoms with van der Waals surface area (Å²) in [7, 11) is -4.54. The first kappa shape index (κ1) is 30.7. The van der Waals surface area contributed by atoms with E-state index in [1.807, 2.05) is 0 Å². The van der Waals surface area contributed by atoms with Crippen molar-refractivity contribution < 1.29 is 30.6 Å². The number of hydrazine groups is 1. The van der Waals surface area contributed by atoms with Gasteiger partial charge in [-0.05, 0) is 45.0 Å². The lowest BCUT2D eigenvalue weighted by atomic mass is 10.1. The molecule has 2 rings (SSSR count). The Kier molecular flexibility index (Phi) is 9.13. The van der Waals surface area contributed by atoms with E-state index in [-0.39, 0.29) is 15.6 Å². The van der Waals surface area contributed by atoms with Gasteiger partial charge in [-0.25, -0.2) is 0 Å². The van der Waals surface area contributed by atoms with Gasteiger partial charge in [0.25, 0.3) is 5.91 Å². The highest BCUT2D eigenvalue weighted by Gasteiger charge is 2.48. The smallest absolute Gasteiger partial charge is 0.376 e. The first-order valence-electron chi connectivity index (χ1n) is 9.77. The van der Waals surface area contributed by atoms with E-state index in [4.69, 9.17) is 58.6 Å². The molecule has 0 unspecified atom stereocenters. The summed E-state index contributed by atoms with van der Waals surface area (Å²) >= 11 is 29.7. The van der Waals surface area contributed by atoms with E-state index in [1.165, 1.54) is 42.4 Å². The van der Waals surface area contributed by atoms with Crippen LogP contribution in [0.25, 0.3) is 0 Å². The van der Waals surface area contributed by atoms with Crippen molar-refractivity contribution in [2.75, 3.05) is 7.05 Å². The van der Waals surface area contributed by atoms with Crippen molar-refractivity contribution >= 4 is 79.6 Å². The van der Waals surface area contributed by atoms with Gasteiger partial charge in [-0.15, -0.1) is 0 Å². The minimum absolute atomic E-state index is 0.117. The van der Waals surface area contributed by atoms with E-state index in [1.54, 1.807) is 20.8 Å². The van der Waals surface area contributed by atoms with Crippen molar-refractivity contribution in [1.29, 1.82) is 0 Å². The number of hydrogen-bond acceptors (Lipinski definition) is 5. The van der Waals surface area contributed by atoms with E-state index in [2.05, 4.69) is 4.18 Å². The molecule has 0 aliphatic rings. The number of nitrogens with zero attached hydrogens (tertiary/aromatic N) is 2. The van der Waals surface area contributed by atoms with Gasteiger partial charge in [-0.1, -0.05) is 76.8 Å². The standard InChI is InChI=1S/C21H19Cl4F3N2O4S2/c1-19(2,3)30(18(35)15-9-8-13(11-16(15)22)20(23,24)25)29(4)17(31)12-6-5-7-14(10-12)34-36(32,33)21(26,27)28/h5-11H,1-4H3. The van der Waals surface area contributed by atoms with Crippen LogP contribution in [0, 0.1) is 0 Å². The zero-order chi connectivity index (χ0) is 27.9. The fourth-order valence-electron chi connectivity index (χ4n) is 3.00. The van der Waals surface area contributed by atoms with Crippen molar-refractivity contribution in [3.05, 3.63) is 64.2 Å². The number of carbonyl (C=O) groups is 1. The maximum atomic E-state index is 13.3. The van der Waals surface area contributed by atoms with Gasteiger partial charge in [0.2, 0.25) is 3.79 Å². The van der Waals surface area contributed by atoms with Crippen LogP contribution in [-0.4, -0.2) is 47.4 Å². The third kappa shape index (κ3) is 7.08. The van der Waals surface area contributed by atoms with Crippen LogP contribution < -0.4 is 4.18 Å². The Labute approximate surface area is 231 Å². The summed E-state index contributed by atoms with van der Waals surface area (Å²) in [6.07, 6.45) is 0. The molecule has 0 saturated heterocycles. The Hall–Kier alpha value is -1.50. The highest BCUT2D eigenvalue weighted by molar-refractivity contribution is 7.88. The van der Waals surface area contributed by atoms with E-state index < -0.39 is 36.6 Å². The Morgan fingerprint density at radius 1 is 1.03 bits per heavy atom. The Morgan fingerprint density at radius 2 is 1.61 bits per heavy atom. The van der Waals surface area contributed by atoms with Gasteiger partial charge in [-0.3, -0.25) is 14.8 Å². The van der Waals surface area contributed by atoms with Crippen LogP contribution in [0.2, 0.25) is 5.02 Å². The average Bonchev–Trinajstić information content (AvgIpc) is 2.70. The first-order valence-corrected chi connectivity index (χ1v) is 13.1. The number of thiocarbonyl (C=S) groups is 1. The Morgan fingerprint density at radius 3 is 2.08 bits per heavy atom. The van der Waals surface area contributed by atoms with Crippen LogP contribution in [0.4, 0.5) is 13.2 Å². The van der Waals surface area contributed by atoms with Crippen LogP contribution in [0.3, 0.4) is 0 Å². The van der Waals surface area contributed by atoms with Gasteiger partial charge in [0.15, 0.2) is 0 Å². The second-order valence-electron chi connectivity index (χ2n) is 8.32. The molecule has 0 heterocycles. The molecule has 0 radical (unpaired) electrons. The molecule has 0 atom stereocenters. The zero-order valence-electron chi connectivity index (χ0n) is 19.0. The van der Waals surface area contributed by atoms with E-state index >= 15 is 0 Å². The fourth-order valence-corrected chi connectivity index (χ4v) is 4.71. The molecule has 0 fully saturated rings. The molecule has 1 amide bonds. The minimum atomic E-state index is -5.92. The lowest BCUT2D eigenvalue weighted by Crippen LogP contribution is -2.56. The minimum Gasteiger partial charge on any atom is -0.376 e. The van der Waals surface area contributed by atoms with Crippen LogP contribution in [0.15, 0.2) is 42.5 Å². The molecule has 6 nitrogen and oxygen atoms in total. The van der Waals surface area contributed by atoms with Gasteiger partial charge < -0.3 is 4.18 Å². The molecule has 0 spiro atoms. The average molecular weight is 626 g/mol. The molecule has 0 bridgehead atoms. The Balaban J connectivity index is 2.44. The highest BCUT2D eigenvalue weighted by atomic mass is 35.6. The topological polar surface area (TPSA) is 66.9 Å². The number of halogens is 7. The summed E-state index contributed by atoms with van der Waals surface area (Å²) < 4.78 is 63.1. The fraction of sp³-hybridized carbons (Fsp3) is 0.333. The maximum Gasteiger partial charge on any atom is 0.534 e. The summed E-state index contributed by atoms with van der Waals surface area (Å²) in [5.74, 6) is -1.42. The molecule has 15 heteroatoms. The first-order chi connectivity index (χ1) is 16.2. The van der Waals surface area contributed by atoms with Gasteiger partial charge in [0.1, 0.15) is 10.7 Å². The molecular weight excluding hydrogens is 607 g/mol. The van der Waals surface area contributed by atoms with Gasteiger partial charge in [-0.2, -0.15) is 21.6 Å². The largest absolute Gasteiger partial charge is 0.534 e. The maximum absolute atomic E-state index is 13.3. The monoisotopic (exact) mass is 624 g/mol. The lowest BCUT2D eigenvalue weighted by Gasteiger charge is -2.43. The summed E-state index contributed by atoms with van der Waals surface area (Å²) in [4.78, 5) is 13.4. The normalized spacial score (nSPS) is 12.8. The highest BCUT2D eigenvalue weighted by Crippen LogP contribution is 2.40. The summed E-state index contributed by atoms with van der Waals surface area (Å²) in [5, 5.41) is 2.70. The van der Waals surface area contributed by atoms with Crippen molar-refractivity contribution in [2.45, 2.75) is 35.6 Å². The van der Waals surface area contributed by atoms with Crippen molar-refractivity contribution in [3.8, 4) is 5.75 Å². The number of benzene rings is 2. The molecule has 0 aliphatic carbocycles. The van der Waals surface area contributed by atoms with Crippen LogP contribution in [-0.2, 0) is 13.9 Å². The predicted octanol–water partition coefficient (Wildman–Crippen LogP) is 6.86. The summed E-state index contributed by atoms with van der Waals surface area (Å²) in [6, 6.07) is 8.74. The van der Waals surface area contributed by atoms with E-state index in [9.17, 15) is 26.4 Å².